The Balaban J connectivity index is 0.000000290. The fourth-order valence-electron chi connectivity index (χ4n) is 8.70. The fraction of sp³-hybridized carbons (Fsp3) is 0.0250. The van der Waals surface area contributed by atoms with Gasteiger partial charge in [-0.25, -0.2) is 79.7 Å². The first-order valence-electron chi connectivity index (χ1n) is 31.2. The minimum absolute atomic E-state index is 0. The van der Waals surface area contributed by atoms with E-state index in [0.717, 1.165) is 0 Å². The first kappa shape index (κ1) is 88.2. The molecule has 0 radical (unpaired) electrons. The Hall–Kier alpha value is -18.2. The smallest absolute Gasteiger partial charge is 0.234 e. The van der Waals surface area contributed by atoms with Crippen LogP contribution in [0.2, 0.25) is 0 Å². The second kappa shape index (κ2) is 48.0. The molecular weight excluding hydrogens is 1540 g/mol. The molecule has 34 heteroatoms. The summed E-state index contributed by atoms with van der Waals surface area (Å²) in [6.45, 7) is 0. The van der Waals surface area contributed by atoms with Gasteiger partial charge < -0.3 is 0 Å². The van der Waals surface area contributed by atoms with Crippen LogP contribution in [0.3, 0.4) is 0 Å². The predicted molar refractivity (Wildman–Crippen MR) is 389 cm³/mol. The quantitative estimate of drug-likeness (QED) is 0.0846. The summed E-state index contributed by atoms with van der Waals surface area (Å²) in [5.41, 5.74) is -4.16. The number of benzene rings is 3. The van der Waals surface area contributed by atoms with E-state index >= 15 is 0 Å². The van der Waals surface area contributed by atoms with Crippen LogP contribution >= 0.6 is 0 Å². The van der Waals surface area contributed by atoms with Crippen molar-refractivity contribution in [3.8, 4) is 144 Å². The summed E-state index contributed by atoms with van der Waals surface area (Å²) in [6.07, 6.45) is 32.0. The average Bonchev–Trinajstić information content (AvgIpc) is 0.733. The molecule has 12 rings (SSSR count). The number of nitriles is 16. The van der Waals surface area contributed by atoms with Gasteiger partial charge in [-0.05, 0) is 48.5 Å². The standard InChI is InChI=1S/C24H8N8.2C12H4N4.4C8H6N4.2Zn/c25-9-19(10-26)17-1-5-21(6-2-17)23(13-29,14-30)24(15-31,16-32)22-7-3-18(4-8-22)20(11-27)12-28;2*13-5-11(6-14)9-1-2-10(4-3-9)12(7-15)8-16;4*1-3-9-7(10-4-1)8-11-5-2-6-12-8;;/h1-8H;2*1-4H;4*1-6H;;/q+2;;;;;;;;. The monoisotopic (exact) mass is 1580 g/mol. The molecular formula is C80H40N32Zn2+2. The third kappa shape index (κ3) is 24.2. The maximum absolute atomic E-state index is 10.0. The zero-order chi connectivity index (χ0) is 80.6. The molecule has 0 spiro atoms. The molecule has 32 nitrogen and oxygen atoms in total. The van der Waals surface area contributed by atoms with Crippen LogP contribution in [0.15, 0.2) is 255 Å². The summed E-state index contributed by atoms with van der Waals surface area (Å²) < 4.78 is 0. The third-order valence-corrected chi connectivity index (χ3v) is 14.0. The molecule has 0 saturated heterocycles. The summed E-state index contributed by atoms with van der Waals surface area (Å²) in [4.78, 5) is 64.2. The van der Waals surface area contributed by atoms with E-state index in [1.807, 2.05) is 0 Å². The summed E-state index contributed by atoms with van der Waals surface area (Å²) in [5.74, 6) is 4.25. The molecule has 11 aromatic rings. The largest absolute Gasteiger partial charge is 0.242 e. The number of nitrogens with zero attached hydrogens (tertiary/aromatic N) is 32. The summed E-state index contributed by atoms with van der Waals surface area (Å²) in [7, 11) is 0. The molecule has 0 aliphatic heterocycles. The van der Waals surface area contributed by atoms with E-state index in [0.29, 0.717) is 67.5 Å². The van der Waals surface area contributed by atoms with Gasteiger partial charge in [-0.15, -0.1) is 0 Å². The van der Waals surface area contributed by atoms with Gasteiger partial charge in [0, 0.05) is 213 Å². The molecule has 0 bridgehead atoms. The van der Waals surface area contributed by atoms with E-state index in [1.54, 1.807) is 245 Å². The molecule has 0 amide bonds. The predicted octanol–water partition coefficient (Wildman–Crippen LogP) is 6.91. The van der Waals surface area contributed by atoms with Crippen LogP contribution in [0.25, 0.3) is 68.9 Å². The molecule has 0 atom stereocenters. The number of hydrogen-bond donors (Lipinski definition) is 0. The van der Waals surface area contributed by atoms with E-state index in [1.165, 1.54) is 97.4 Å². The Morgan fingerprint density at radius 2 is 0.474 bits per heavy atom. The van der Waals surface area contributed by atoms with Crippen molar-refractivity contribution in [2.45, 2.75) is 5.41 Å². The first-order valence-corrected chi connectivity index (χ1v) is 31.2. The molecule has 114 heavy (non-hydrogen) atoms. The van der Waals surface area contributed by atoms with E-state index in [4.69, 9.17) is 63.1 Å². The van der Waals surface area contributed by atoms with Gasteiger partial charge in [0.25, 0.3) is 0 Å². The van der Waals surface area contributed by atoms with Gasteiger partial charge in [-0.1, -0.05) is 48.5 Å². The van der Waals surface area contributed by atoms with Crippen molar-refractivity contribution in [1.29, 1.82) is 84.2 Å². The second-order valence-electron chi connectivity index (χ2n) is 20.4. The van der Waals surface area contributed by atoms with Crippen molar-refractivity contribution in [3.63, 3.8) is 0 Å². The van der Waals surface area contributed by atoms with Gasteiger partial charge in [0.1, 0.15) is 88.6 Å². The van der Waals surface area contributed by atoms with Crippen LogP contribution in [0.1, 0.15) is 11.1 Å². The van der Waals surface area contributed by atoms with Crippen LogP contribution < -0.4 is 20.9 Å². The number of hydrogen-bond acceptors (Lipinski definition) is 32. The van der Waals surface area contributed by atoms with E-state index in [2.05, 4.69) is 79.7 Å². The van der Waals surface area contributed by atoms with Crippen molar-refractivity contribution >= 4 is 22.3 Å². The SMILES string of the molecule is N#CC(C#N)=C1C=CC(C(C#N)(C#N)C(C#N)(C#N)c2ccc([C+](C#N)C#N)cc2)=C[CH+]1.N#CC(C#N)=c1ccc(=C(C#N)C#N)cc1.N#CC(C#N)=c1ccc(=C(C#N)C#N)cc1.[Zn].[Zn].c1cnc(-c2ncccn2)nc1.c1cnc(-c2ncccn2)nc1.c1cnc(-c2ncccn2)nc1.c1cnc(-c2ncccn2)nc1. The number of rotatable bonds is 8. The molecule has 522 valence electrons. The van der Waals surface area contributed by atoms with Crippen molar-refractivity contribution in [2.24, 2.45) is 5.41 Å². The van der Waals surface area contributed by atoms with Crippen LogP contribution in [-0.2, 0) is 44.4 Å². The number of aromatic nitrogens is 16. The molecule has 1 aliphatic rings. The third-order valence-electron chi connectivity index (χ3n) is 14.0. The van der Waals surface area contributed by atoms with Crippen LogP contribution in [-0.4, -0.2) is 79.7 Å². The topological polar surface area (TPSA) is 587 Å². The Morgan fingerprint density at radius 1 is 0.263 bits per heavy atom. The van der Waals surface area contributed by atoms with Crippen LogP contribution in [0.5, 0.6) is 0 Å². The van der Waals surface area contributed by atoms with Crippen molar-refractivity contribution < 1.29 is 39.0 Å². The fourth-order valence-corrected chi connectivity index (χ4v) is 8.70. The van der Waals surface area contributed by atoms with E-state index in [9.17, 15) is 21.0 Å². The molecule has 0 N–H and O–H groups in total. The molecule has 8 aromatic heterocycles. The molecule has 0 unspecified atom stereocenters. The van der Waals surface area contributed by atoms with Crippen LogP contribution in [0, 0.1) is 199 Å². The molecule has 1 aliphatic carbocycles. The Bertz CT molecular complexity index is 5380. The summed E-state index contributed by atoms with van der Waals surface area (Å²) in [5, 5.41) is 147. The molecule has 0 saturated carbocycles. The maximum Gasteiger partial charge on any atom is 0.242 e. The minimum atomic E-state index is -2.27. The Morgan fingerprint density at radius 3 is 0.640 bits per heavy atom. The zero-order valence-corrected chi connectivity index (χ0v) is 64.8. The van der Waals surface area contributed by atoms with Crippen molar-refractivity contribution in [1.82, 2.24) is 79.7 Å². The van der Waals surface area contributed by atoms with Gasteiger partial charge in [0.05, 0.1) is 17.7 Å². The summed E-state index contributed by atoms with van der Waals surface area (Å²) in [6, 6.07) is 59.9. The van der Waals surface area contributed by atoms with Crippen molar-refractivity contribution in [2.75, 3.05) is 0 Å². The molecule has 8 heterocycles. The van der Waals surface area contributed by atoms with Gasteiger partial charge in [0.15, 0.2) is 76.4 Å². The van der Waals surface area contributed by atoms with Crippen molar-refractivity contribution in [3.05, 3.63) is 300 Å². The number of allylic oxidation sites excluding steroid dienone is 6. The zero-order valence-electron chi connectivity index (χ0n) is 58.8. The molecule has 0 fully saturated rings. The van der Waals surface area contributed by atoms with Gasteiger partial charge >= 0.3 is 0 Å². The Labute approximate surface area is 675 Å². The Kier molecular flexibility index (Phi) is 37.2. The van der Waals surface area contributed by atoms with Crippen LogP contribution in [0.4, 0.5) is 0 Å². The van der Waals surface area contributed by atoms with Gasteiger partial charge in [-0.3, -0.25) is 0 Å². The minimum Gasteiger partial charge on any atom is -0.234 e. The van der Waals surface area contributed by atoms with E-state index in [-0.39, 0.29) is 95.0 Å². The second-order valence-corrected chi connectivity index (χ2v) is 20.4. The van der Waals surface area contributed by atoms with Gasteiger partial charge in [-0.2, -0.15) is 84.2 Å². The normalized spacial score (nSPS) is 9.54. The molecule has 3 aromatic carbocycles. The first-order chi connectivity index (χ1) is 54.9. The maximum atomic E-state index is 10.0. The van der Waals surface area contributed by atoms with Gasteiger partial charge in [0.2, 0.25) is 22.3 Å². The van der Waals surface area contributed by atoms with E-state index < -0.39 is 10.8 Å². The average molecular weight is 1580 g/mol. The summed E-state index contributed by atoms with van der Waals surface area (Å²) >= 11 is 0.